The predicted octanol–water partition coefficient (Wildman–Crippen LogP) is 4.19. The van der Waals surface area contributed by atoms with E-state index in [0.29, 0.717) is 6.04 Å². The van der Waals surface area contributed by atoms with E-state index in [1.807, 2.05) is 12.3 Å². The summed E-state index contributed by atoms with van der Waals surface area (Å²) in [6.45, 7) is 3.20. The Bertz CT molecular complexity index is 1300. The highest BCUT2D eigenvalue weighted by atomic mass is 35.5. The zero-order valence-corrected chi connectivity index (χ0v) is 19.5. The Morgan fingerprint density at radius 1 is 1.03 bits per heavy atom. The van der Waals surface area contributed by atoms with Gasteiger partial charge in [-0.25, -0.2) is 9.97 Å². The van der Waals surface area contributed by atoms with Gasteiger partial charge in [0.1, 0.15) is 16.8 Å². The van der Waals surface area contributed by atoms with Crippen molar-refractivity contribution in [2.75, 3.05) is 36.5 Å². The van der Waals surface area contributed by atoms with Gasteiger partial charge in [-0.3, -0.25) is 4.98 Å². The third kappa shape index (κ3) is 4.33. The van der Waals surface area contributed by atoms with Crippen LogP contribution in [0.25, 0.3) is 22.1 Å². The van der Waals surface area contributed by atoms with Gasteiger partial charge in [-0.05, 0) is 49.4 Å². The van der Waals surface area contributed by atoms with Crippen molar-refractivity contribution in [1.82, 2.24) is 24.9 Å². The van der Waals surface area contributed by atoms with Gasteiger partial charge in [0, 0.05) is 49.5 Å². The summed E-state index contributed by atoms with van der Waals surface area (Å²) in [5.41, 5.74) is 4.47. The van der Waals surface area contributed by atoms with Crippen LogP contribution in [0.15, 0.2) is 36.8 Å². The van der Waals surface area contributed by atoms with Gasteiger partial charge in [0.15, 0.2) is 5.82 Å². The lowest BCUT2D eigenvalue weighted by atomic mass is 9.93. The van der Waals surface area contributed by atoms with Crippen LogP contribution in [0.3, 0.4) is 0 Å². The van der Waals surface area contributed by atoms with Gasteiger partial charge in [-0.2, -0.15) is 4.98 Å². The Morgan fingerprint density at radius 2 is 1.85 bits per heavy atom. The van der Waals surface area contributed by atoms with E-state index < -0.39 is 0 Å². The second-order valence-electron chi connectivity index (χ2n) is 8.78. The Balaban J connectivity index is 1.16. The minimum Gasteiger partial charge on any atom is -0.488 e. The maximum absolute atomic E-state index is 6.53. The number of hydrogen-bond acceptors (Lipinski definition) is 8. The standard InChI is InChI=1S/C24H26ClN7O2/c25-24-30-18-5-6-27-22(18)23(31-24)29-15-1-3-17(4-2-15)34-20-14-16(32-9-11-33-12-10-32)13-19-21(20)28-8-7-26-19/h5-8,13-15,17,27H,1-4,9-12H2,(H,29,30,31). The summed E-state index contributed by atoms with van der Waals surface area (Å²) in [6.07, 6.45) is 9.25. The molecule has 4 heterocycles. The summed E-state index contributed by atoms with van der Waals surface area (Å²) in [5, 5.41) is 3.80. The second-order valence-corrected chi connectivity index (χ2v) is 9.12. The van der Waals surface area contributed by atoms with E-state index in [9.17, 15) is 0 Å². The number of ether oxygens (including phenoxy) is 2. The molecule has 4 aromatic rings. The molecule has 3 aromatic heterocycles. The third-order valence-corrected chi connectivity index (χ3v) is 6.76. The van der Waals surface area contributed by atoms with Crippen LogP contribution in [0.5, 0.6) is 5.75 Å². The number of fused-ring (bicyclic) bond motifs is 2. The molecule has 0 radical (unpaired) electrons. The summed E-state index contributed by atoms with van der Waals surface area (Å²) < 4.78 is 12.0. The average Bonchev–Trinajstić information content (AvgIpc) is 3.34. The average molecular weight is 480 g/mol. The van der Waals surface area contributed by atoms with E-state index in [1.165, 1.54) is 0 Å². The van der Waals surface area contributed by atoms with Gasteiger partial charge in [-0.15, -0.1) is 0 Å². The fourth-order valence-corrected chi connectivity index (χ4v) is 5.02. The molecule has 0 spiro atoms. The highest BCUT2D eigenvalue weighted by Gasteiger charge is 2.25. The van der Waals surface area contributed by atoms with E-state index in [1.54, 1.807) is 12.4 Å². The molecule has 10 heteroatoms. The lowest BCUT2D eigenvalue weighted by Gasteiger charge is -2.31. The molecule has 1 aromatic carbocycles. The van der Waals surface area contributed by atoms with Crippen molar-refractivity contribution >= 4 is 45.2 Å². The van der Waals surface area contributed by atoms with Crippen LogP contribution in [0.1, 0.15) is 25.7 Å². The number of morpholine rings is 1. The maximum Gasteiger partial charge on any atom is 0.225 e. The van der Waals surface area contributed by atoms with Gasteiger partial charge in [-0.1, -0.05) is 0 Å². The summed E-state index contributed by atoms with van der Waals surface area (Å²) in [5.74, 6) is 1.56. The quantitative estimate of drug-likeness (QED) is 0.411. The normalized spacial score (nSPS) is 21.1. The van der Waals surface area contributed by atoms with Crippen molar-refractivity contribution in [2.24, 2.45) is 0 Å². The lowest BCUT2D eigenvalue weighted by molar-refractivity contribution is 0.122. The molecule has 1 saturated carbocycles. The van der Waals surface area contributed by atoms with E-state index >= 15 is 0 Å². The highest BCUT2D eigenvalue weighted by Crippen LogP contribution is 2.33. The molecule has 1 saturated heterocycles. The van der Waals surface area contributed by atoms with Crippen LogP contribution < -0.4 is 15.0 Å². The number of anilines is 2. The van der Waals surface area contributed by atoms with E-state index in [4.69, 9.17) is 21.1 Å². The van der Waals surface area contributed by atoms with Gasteiger partial charge in [0.05, 0.1) is 30.4 Å². The van der Waals surface area contributed by atoms with Crippen LogP contribution in [-0.2, 0) is 4.74 Å². The third-order valence-electron chi connectivity index (χ3n) is 6.59. The lowest BCUT2D eigenvalue weighted by Crippen LogP contribution is -2.36. The SMILES string of the molecule is Clc1nc(NC2CCC(Oc3cc(N4CCOCC4)cc4nccnc34)CC2)c2[nH]ccc2n1. The molecular formula is C24H26ClN7O2. The number of nitrogens with one attached hydrogen (secondary N) is 2. The first kappa shape index (κ1) is 21.4. The first-order chi connectivity index (χ1) is 16.7. The van der Waals surface area contributed by atoms with Gasteiger partial charge in [0.25, 0.3) is 0 Å². The van der Waals surface area contributed by atoms with Crippen LogP contribution in [0, 0.1) is 0 Å². The van der Waals surface area contributed by atoms with Gasteiger partial charge >= 0.3 is 0 Å². The fraction of sp³-hybridized carbons (Fsp3) is 0.417. The fourth-order valence-electron chi connectivity index (χ4n) is 4.84. The molecule has 9 nitrogen and oxygen atoms in total. The first-order valence-electron chi connectivity index (χ1n) is 11.7. The molecule has 176 valence electrons. The van der Waals surface area contributed by atoms with Gasteiger partial charge in [0.2, 0.25) is 5.28 Å². The zero-order chi connectivity index (χ0) is 22.9. The van der Waals surface area contributed by atoms with Crippen molar-refractivity contribution in [2.45, 2.75) is 37.8 Å². The monoisotopic (exact) mass is 479 g/mol. The van der Waals surface area contributed by atoms with Crippen LogP contribution in [0.4, 0.5) is 11.5 Å². The van der Waals surface area contributed by atoms with Crippen LogP contribution in [0.2, 0.25) is 5.28 Å². The molecule has 1 aliphatic carbocycles. The zero-order valence-electron chi connectivity index (χ0n) is 18.7. The summed E-state index contributed by atoms with van der Waals surface area (Å²) in [4.78, 5) is 23.3. The van der Waals surface area contributed by atoms with Crippen molar-refractivity contribution in [3.8, 4) is 5.75 Å². The largest absolute Gasteiger partial charge is 0.488 e. The maximum atomic E-state index is 6.53. The molecule has 1 aliphatic heterocycles. The number of halogens is 1. The topological polar surface area (TPSA) is 101 Å². The summed E-state index contributed by atoms with van der Waals surface area (Å²) in [7, 11) is 0. The van der Waals surface area contributed by atoms with Gasteiger partial charge < -0.3 is 24.7 Å². The van der Waals surface area contributed by atoms with E-state index in [-0.39, 0.29) is 11.4 Å². The molecule has 0 amide bonds. The Morgan fingerprint density at radius 3 is 2.71 bits per heavy atom. The Hall–Kier alpha value is -3.17. The molecule has 6 rings (SSSR count). The smallest absolute Gasteiger partial charge is 0.225 e. The van der Waals surface area contributed by atoms with Crippen LogP contribution >= 0.6 is 11.6 Å². The Labute approximate surface area is 201 Å². The van der Waals surface area contributed by atoms with Crippen LogP contribution in [-0.4, -0.2) is 63.4 Å². The number of benzene rings is 1. The number of aromatic nitrogens is 5. The van der Waals surface area contributed by atoms with Crippen molar-refractivity contribution in [3.05, 3.63) is 42.1 Å². The molecule has 0 atom stereocenters. The van der Waals surface area contributed by atoms with E-state index in [0.717, 1.165) is 91.3 Å². The number of rotatable bonds is 5. The number of aromatic amines is 1. The number of H-pyrrole nitrogens is 1. The van der Waals surface area contributed by atoms with Crippen molar-refractivity contribution < 1.29 is 9.47 Å². The minimum atomic E-state index is 0.127. The Kier molecular flexibility index (Phi) is 5.80. The van der Waals surface area contributed by atoms with Crippen molar-refractivity contribution in [3.63, 3.8) is 0 Å². The molecule has 34 heavy (non-hydrogen) atoms. The molecule has 0 unspecified atom stereocenters. The molecule has 2 N–H and O–H groups in total. The minimum absolute atomic E-state index is 0.127. The van der Waals surface area contributed by atoms with E-state index in [2.05, 4.69) is 47.3 Å². The summed E-state index contributed by atoms with van der Waals surface area (Å²) >= 11 is 6.11. The first-order valence-corrected chi connectivity index (χ1v) is 12.1. The second kappa shape index (κ2) is 9.23. The highest BCUT2D eigenvalue weighted by molar-refractivity contribution is 6.28. The number of nitrogens with zero attached hydrogens (tertiary/aromatic N) is 5. The number of hydrogen-bond donors (Lipinski definition) is 2. The molecule has 0 bridgehead atoms. The molecular weight excluding hydrogens is 454 g/mol. The molecule has 2 aliphatic rings. The molecule has 2 fully saturated rings. The van der Waals surface area contributed by atoms with Crippen molar-refractivity contribution in [1.29, 1.82) is 0 Å². The predicted molar refractivity (Wildman–Crippen MR) is 132 cm³/mol. The summed E-state index contributed by atoms with van der Waals surface area (Å²) in [6, 6.07) is 6.40.